The maximum atomic E-state index is 12.1. The van der Waals surface area contributed by atoms with E-state index in [1.807, 2.05) is 0 Å². The summed E-state index contributed by atoms with van der Waals surface area (Å²) in [6.07, 6.45) is 0. The number of carbonyl (C=O) groups is 1. The molecular weight excluding hydrogens is 391 g/mol. The number of phenolic OH excluding ortho intramolecular Hbond substituents is 1. The molecule has 7 heteroatoms. The molecule has 114 valence electrons. The number of carbonyl (C=O) groups excluding carboxylic acids is 1. The Bertz CT molecular complexity index is 763. The number of hydrazone groups is 1. The van der Waals surface area contributed by atoms with E-state index in [1.54, 1.807) is 31.2 Å². The number of halogens is 3. The monoisotopic (exact) mass is 400 g/mol. The standard InChI is InChI=1S/C15H11BrCl2N2O2/c1-8(11-6-9(17)7-13(18)14(11)21)19-20-15(22)10-4-2-3-5-12(10)16/h2-7,21H,1H3,(H,20,22)/b19-8+. The zero-order valence-electron chi connectivity index (χ0n) is 11.4. The number of phenols is 1. The lowest BCUT2D eigenvalue weighted by molar-refractivity contribution is 0.0954. The average Bonchev–Trinajstić information content (AvgIpc) is 2.48. The highest BCUT2D eigenvalue weighted by Gasteiger charge is 2.12. The Hall–Kier alpha value is -1.56. The van der Waals surface area contributed by atoms with E-state index in [-0.39, 0.29) is 16.7 Å². The van der Waals surface area contributed by atoms with Crippen LogP contribution in [0.25, 0.3) is 0 Å². The van der Waals surface area contributed by atoms with Crippen LogP contribution in [0.1, 0.15) is 22.8 Å². The average molecular weight is 402 g/mol. The summed E-state index contributed by atoms with van der Waals surface area (Å²) in [4.78, 5) is 12.1. The fourth-order valence-electron chi connectivity index (χ4n) is 1.74. The molecule has 0 aliphatic heterocycles. The molecule has 0 spiro atoms. The molecule has 0 heterocycles. The van der Waals surface area contributed by atoms with Gasteiger partial charge in [0.25, 0.3) is 5.91 Å². The van der Waals surface area contributed by atoms with Crippen molar-refractivity contribution in [3.8, 4) is 5.75 Å². The van der Waals surface area contributed by atoms with Gasteiger partial charge >= 0.3 is 0 Å². The zero-order valence-corrected chi connectivity index (χ0v) is 14.5. The molecule has 0 fully saturated rings. The van der Waals surface area contributed by atoms with Gasteiger partial charge in [-0.1, -0.05) is 35.3 Å². The van der Waals surface area contributed by atoms with Crippen molar-refractivity contribution in [2.75, 3.05) is 0 Å². The predicted octanol–water partition coefficient (Wildman–Crippen LogP) is 4.62. The minimum absolute atomic E-state index is 0.120. The van der Waals surface area contributed by atoms with Crippen LogP contribution in [0.4, 0.5) is 0 Å². The summed E-state index contributed by atoms with van der Waals surface area (Å²) in [7, 11) is 0. The van der Waals surface area contributed by atoms with Crippen LogP contribution in [0.2, 0.25) is 10.0 Å². The molecule has 0 radical (unpaired) electrons. The maximum Gasteiger partial charge on any atom is 0.272 e. The van der Waals surface area contributed by atoms with Gasteiger partial charge in [0.1, 0.15) is 5.75 Å². The van der Waals surface area contributed by atoms with Crippen LogP contribution in [0.3, 0.4) is 0 Å². The summed E-state index contributed by atoms with van der Waals surface area (Å²) >= 11 is 15.1. The normalized spacial score (nSPS) is 11.4. The van der Waals surface area contributed by atoms with Gasteiger partial charge in [-0.05, 0) is 47.1 Å². The van der Waals surface area contributed by atoms with Crippen LogP contribution in [-0.2, 0) is 0 Å². The van der Waals surface area contributed by atoms with E-state index in [4.69, 9.17) is 23.2 Å². The first kappa shape index (κ1) is 16.8. The molecule has 1 amide bonds. The topological polar surface area (TPSA) is 61.7 Å². The molecule has 0 aliphatic carbocycles. The Balaban J connectivity index is 2.24. The number of aromatic hydroxyl groups is 1. The van der Waals surface area contributed by atoms with Crippen molar-refractivity contribution in [1.82, 2.24) is 5.43 Å². The second-order valence-electron chi connectivity index (χ2n) is 4.40. The third-order valence-corrected chi connectivity index (χ3v) is 4.06. The first-order valence-electron chi connectivity index (χ1n) is 6.17. The third-order valence-electron chi connectivity index (χ3n) is 2.86. The van der Waals surface area contributed by atoms with Gasteiger partial charge in [0.05, 0.1) is 16.3 Å². The van der Waals surface area contributed by atoms with Gasteiger partial charge in [0.15, 0.2) is 0 Å². The lowest BCUT2D eigenvalue weighted by atomic mass is 10.1. The molecule has 0 saturated heterocycles. The fraction of sp³-hybridized carbons (Fsp3) is 0.0667. The predicted molar refractivity (Wildman–Crippen MR) is 91.9 cm³/mol. The minimum Gasteiger partial charge on any atom is -0.506 e. The van der Waals surface area contributed by atoms with Crippen molar-refractivity contribution in [2.45, 2.75) is 6.92 Å². The van der Waals surface area contributed by atoms with E-state index in [0.29, 0.717) is 26.3 Å². The number of nitrogens with zero attached hydrogens (tertiary/aromatic N) is 1. The van der Waals surface area contributed by atoms with Crippen LogP contribution in [0.15, 0.2) is 46.0 Å². The van der Waals surface area contributed by atoms with Gasteiger partial charge in [-0.3, -0.25) is 4.79 Å². The fourth-order valence-corrected chi connectivity index (χ4v) is 2.70. The Morgan fingerprint density at radius 2 is 1.91 bits per heavy atom. The highest BCUT2D eigenvalue weighted by molar-refractivity contribution is 9.10. The van der Waals surface area contributed by atoms with Crippen LogP contribution in [-0.4, -0.2) is 16.7 Å². The molecule has 0 bridgehead atoms. The Labute approximate surface area is 145 Å². The van der Waals surface area contributed by atoms with Gasteiger partial charge in [-0.25, -0.2) is 5.43 Å². The number of nitrogens with one attached hydrogen (secondary N) is 1. The van der Waals surface area contributed by atoms with Gasteiger partial charge < -0.3 is 5.11 Å². The van der Waals surface area contributed by atoms with Gasteiger partial charge in [-0.15, -0.1) is 0 Å². The van der Waals surface area contributed by atoms with Gasteiger partial charge in [-0.2, -0.15) is 5.10 Å². The van der Waals surface area contributed by atoms with Crippen molar-refractivity contribution in [1.29, 1.82) is 0 Å². The molecule has 0 saturated carbocycles. The molecule has 0 atom stereocenters. The summed E-state index contributed by atoms with van der Waals surface area (Å²) in [5, 5.41) is 14.4. The summed E-state index contributed by atoms with van der Waals surface area (Å²) in [5.41, 5.74) is 3.61. The van der Waals surface area contributed by atoms with Crippen LogP contribution in [0, 0.1) is 0 Å². The Morgan fingerprint density at radius 1 is 1.23 bits per heavy atom. The quantitative estimate of drug-likeness (QED) is 0.582. The molecule has 0 aromatic heterocycles. The molecule has 2 rings (SSSR count). The van der Waals surface area contributed by atoms with Crippen molar-refractivity contribution in [2.24, 2.45) is 5.10 Å². The zero-order chi connectivity index (χ0) is 16.3. The highest BCUT2D eigenvalue weighted by atomic mass is 79.9. The third kappa shape index (κ3) is 3.80. The van der Waals surface area contributed by atoms with E-state index in [9.17, 15) is 9.90 Å². The number of hydrogen-bond acceptors (Lipinski definition) is 3. The number of rotatable bonds is 3. The van der Waals surface area contributed by atoms with E-state index >= 15 is 0 Å². The van der Waals surface area contributed by atoms with Crippen molar-refractivity contribution in [3.05, 3.63) is 62.0 Å². The van der Waals surface area contributed by atoms with Crippen molar-refractivity contribution < 1.29 is 9.90 Å². The molecule has 4 nitrogen and oxygen atoms in total. The first-order chi connectivity index (χ1) is 10.4. The molecule has 2 aromatic rings. The van der Waals surface area contributed by atoms with Crippen molar-refractivity contribution >= 4 is 50.8 Å². The van der Waals surface area contributed by atoms with Gasteiger partial charge in [0, 0.05) is 15.1 Å². The van der Waals surface area contributed by atoms with E-state index in [2.05, 4.69) is 26.5 Å². The molecule has 2 aromatic carbocycles. The van der Waals surface area contributed by atoms with Crippen LogP contribution >= 0.6 is 39.1 Å². The Morgan fingerprint density at radius 3 is 2.59 bits per heavy atom. The molecule has 22 heavy (non-hydrogen) atoms. The van der Waals surface area contributed by atoms with Crippen molar-refractivity contribution in [3.63, 3.8) is 0 Å². The largest absolute Gasteiger partial charge is 0.506 e. The second-order valence-corrected chi connectivity index (χ2v) is 6.10. The minimum atomic E-state index is -0.376. The number of amides is 1. The van der Waals surface area contributed by atoms with E-state index in [0.717, 1.165) is 0 Å². The van der Waals surface area contributed by atoms with E-state index in [1.165, 1.54) is 12.1 Å². The summed E-state index contributed by atoms with van der Waals surface area (Å²) < 4.78 is 0.661. The summed E-state index contributed by atoms with van der Waals surface area (Å²) in [6.45, 7) is 1.63. The molecule has 0 unspecified atom stereocenters. The van der Waals surface area contributed by atoms with Gasteiger partial charge in [0.2, 0.25) is 0 Å². The summed E-state index contributed by atoms with van der Waals surface area (Å²) in [6, 6.07) is 9.92. The highest BCUT2D eigenvalue weighted by Crippen LogP contribution is 2.31. The van der Waals surface area contributed by atoms with E-state index < -0.39 is 0 Å². The van der Waals surface area contributed by atoms with Crippen LogP contribution in [0.5, 0.6) is 5.75 Å². The Kier molecular flexibility index (Phi) is 5.45. The maximum absolute atomic E-state index is 12.1. The smallest absolute Gasteiger partial charge is 0.272 e. The first-order valence-corrected chi connectivity index (χ1v) is 7.72. The number of hydrogen-bond donors (Lipinski definition) is 2. The molecule has 2 N–H and O–H groups in total. The molecular formula is C15H11BrCl2N2O2. The second kappa shape index (κ2) is 7.13. The number of benzene rings is 2. The lowest BCUT2D eigenvalue weighted by Crippen LogP contribution is -2.19. The van der Waals surface area contributed by atoms with Crippen LogP contribution < -0.4 is 5.43 Å². The molecule has 0 aliphatic rings. The summed E-state index contributed by atoms with van der Waals surface area (Å²) in [5.74, 6) is -0.512. The SMILES string of the molecule is C/C(=N\NC(=O)c1ccccc1Br)c1cc(Cl)cc(Cl)c1O. The lowest BCUT2D eigenvalue weighted by Gasteiger charge is -2.08.